The zero-order chi connectivity index (χ0) is 22.5. The van der Waals surface area contributed by atoms with Gasteiger partial charge in [-0.15, -0.1) is 0 Å². The first-order valence-corrected chi connectivity index (χ1v) is 11.9. The van der Waals surface area contributed by atoms with Crippen LogP contribution >= 0.6 is 0 Å². The number of fused-ring (bicyclic) bond motifs is 1. The predicted molar refractivity (Wildman–Crippen MR) is 131 cm³/mol. The van der Waals surface area contributed by atoms with Crippen LogP contribution in [0.4, 0.5) is 11.4 Å². The van der Waals surface area contributed by atoms with Crippen LogP contribution in [0.25, 0.3) is 0 Å². The molecule has 1 aliphatic rings. The SMILES string of the molecule is CCCCCCCCN1CCc2c(C)c(CN(C)C)c(C)c(NC(=O)C(C)(C)C)c21. The third-order valence-electron chi connectivity index (χ3n) is 6.38. The summed E-state index contributed by atoms with van der Waals surface area (Å²) in [6.07, 6.45) is 8.94. The lowest BCUT2D eigenvalue weighted by Crippen LogP contribution is -2.30. The molecule has 0 unspecified atom stereocenters. The van der Waals surface area contributed by atoms with E-state index in [1.807, 2.05) is 20.8 Å². The molecule has 0 bridgehead atoms. The van der Waals surface area contributed by atoms with Crippen molar-refractivity contribution >= 4 is 17.3 Å². The molecule has 1 aliphatic heterocycles. The lowest BCUT2D eigenvalue weighted by molar-refractivity contribution is -0.123. The van der Waals surface area contributed by atoms with E-state index in [0.717, 1.165) is 31.7 Å². The van der Waals surface area contributed by atoms with E-state index in [1.165, 1.54) is 66.5 Å². The summed E-state index contributed by atoms with van der Waals surface area (Å²) in [6.45, 7) is 15.7. The molecule has 4 heteroatoms. The van der Waals surface area contributed by atoms with E-state index in [1.54, 1.807) is 0 Å². The Balaban J connectivity index is 2.33. The van der Waals surface area contributed by atoms with Crippen molar-refractivity contribution in [3.63, 3.8) is 0 Å². The van der Waals surface area contributed by atoms with Crippen molar-refractivity contribution in [3.05, 3.63) is 22.3 Å². The number of anilines is 2. The number of carbonyl (C=O) groups excluding carboxylic acids is 1. The Morgan fingerprint density at radius 1 is 1.03 bits per heavy atom. The van der Waals surface area contributed by atoms with E-state index < -0.39 is 5.41 Å². The second-order valence-electron chi connectivity index (χ2n) is 10.4. The number of hydrogen-bond acceptors (Lipinski definition) is 3. The largest absolute Gasteiger partial charge is 0.369 e. The summed E-state index contributed by atoms with van der Waals surface area (Å²) in [6, 6.07) is 0. The van der Waals surface area contributed by atoms with Gasteiger partial charge in [0.25, 0.3) is 0 Å². The molecular formula is C26H45N3O. The van der Waals surface area contributed by atoms with Gasteiger partial charge in [-0.25, -0.2) is 0 Å². The molecule has 0 fully saturated rings. The van der Waals surface area contributed by atoms with E-state index in [-0.39, 0.29) is 5.91 Å². The number of rotatable bonds is 10. The van der Waals surface area contributed by atoms with Gasteiger partial charge >= 0.3 is 0 Å². The lowest BCUT2D eigenvalue weighted by Gasteiger charge is -2.29. The van der Waals surface area contributed by atoms with Crippen LogP contribution in [0, 0.1) is 19.3 Å². The highest BCUT2D eigenvalue weighted by Gasteiger charge is 2.31. The van der Waals surface area contributed by atoms with Crippen molar-refractivity contribution in [1.29, 1.82) is 0 Å². The molecule has 1 N–H and O–H groups in total. The van der Waals surface area contributed by atoms with Gasteiger partial charge in [0.15, 0.2) is 0 Å². The maximum atomic E-state index is 12.9. The van der Waals surface area contributed by atoms with Crippen molar-refractivity contribution in [2.24, 2.45) is 5.41 Å². The Hall–Kier alpha value is -1.55. The first kappa shape index (κ1) is 24.7. The molecule has 30 heavy (non-hydrogen) atoms. The van der Waals surface area contributed by atoms with Crippen LogP contribution < -0.4 is 10.2 Å². The number of hydrogen-bond donors (Lipinski definition) is 1. The van der Waals surface area contributed by atoms with Crippen molar-refractivity contribution in [1.82, 2.24) is 4.90 Å². The molecule has 170 valence electrons. The van der Waals surface area contributed by atoms with Gasteiger partial charge in [0.05, 0.1) is 11.4 Å². The molecule has 0 saturated heterocycles. The van der Waals surface area contributed by atoms with Gasteiger partial charge in [0.2, 0.25) is 5.91 Å². The second-order valence-corrected chi connectivity index (χ2v) is 10.4. The van der Waals surface area contributed by atoms with Crippen LogP contribution in [0.5, 0.6) is 0 Å². The summed E-state index contributed by atoms with van der Waals surface area (Å²) in [5.74, 6) is 0.0962. The zero-order valence-electron chi connectivity index (χ0n) is 20.9. The Bertz CT molecular complexity index is 731. The van der Waals surface area contributed by atoms with Gasteiger partial charge in [0, 0.05) is 25.0 Å². The first-order valence-electron chi connectivity index (χ1n) is 11.9. The lowest BCUT2D eigenvalue weighted by atomic mass is 9.91. The number of nitrogens with one attached hydrogen (secondary N) is 1. The minimum Gasteiger partial charge on any atom is -0.369 e. The average Bonchev–Trinajstić information content (AvgIpc) is 3.08. The van der Waals surface area contributed by atoms with Gasteiger partial charge < -0.3 is 15.1 Å². The summed E-state index contributed by atoms with van der Waals surface area (Å²) in [5, 5.41) is 3.34. The monoisotopic (exact) mass is 415 g/mol. The molecular weight excluding hydrogens is 370 g/mol. The zero-order valence-corrected chi connectivity index (χ0v) is 20.9. The van der Waals surface area contributed by atoms with Crippen molar-refractivity contribution in [2.45, 2.75) is 93.0 Å². The van der Waals surface area contributed by atoms with Gasteiger partial charge in [-0.1, -0.05) is 59.8 Å². The molecule has 0 aliphatic carbocycles. The van der Waals surface area contributed by atoms with Crippen LogP contribution in [0.15, 0.2) is 0 Å². The molecule has 0 atom stereocenters. The van der Waals surface area contributed by atoms with E-state index in [4.69, 9.17) is 0 Å². The second kappa shape index (κ2) is 10.7. The molecule has 1 heterocycles. The number of unbranched alkanes of at least 4 members (excludes halogenated alkanes) is 5. The maximum Gasteiger partial charge on any atom is 0.229 e. The summed E-state index contributed by atoms with van der Waals surface area (Å²) < 4.78 is 0. The molecule has 0 spiro atoms. The number of carbonyl (C=O) groups is 1. The standard InChI is InChI=1S/C26H45N3O/c1-9-10-11-12-13-14-16-29-17-15-21-19(2)22(18-28(7)8)20(3)23(24(21)29)27-25(30)26(4,5)6/h9-18H2,1-8H3,(H,27,30). The maximum absolute atomic E-state index is 12.9. The number of nitrogens with zero attached hydrogens (tertiary/aromatic N) is 2. The number of amides is 1. The Morgan fingerprint density at radius 3 is 2.27 bits per heavy atom. The van der Waals surface area contributed by atoms with E-state index in [2.05, 4.69) is 50.0 Å². The molecule has 2 rings (SSSR count). The van der Waals surface area contributed by atoms with E-state index in [0.29, 0.717) is 0 Å². The molecule has 0 saturated carbocycles. The fourth-order valence-corrected chi connectivity index (χ4v) is 4.45. The third kappa shape index (κ3) is 6.00. The Labute approximate surface area is 185 Å². The van der Waals surface area contributed by atoms with Crippen LogP contribution in [0.1, 0.15) is 88.5 Å². The summed E-state index contributed by atoms with van der Waals surface area (Å²) >= 11 is 0. The van der Waals surface area contributed by atoms with Crippen molar-refractivity contribution in [3.8, 4) is 0 Å². The molecule has 1 aromatic carbocycles. The third-order valence-corrected chi connectivity index (χ3v) is 6.38. The topological polar surface area (TPSA) is 35.6 Å². The molecule has 0 aromatic heterocycles. The summed E-state index contributed by atoms with van der Waals surface area (Å²) in [7, 11) is 4.23. The number of benzene rings is 1. The van der Waals surface area contributed by atoms with Crippen LogP contribution in [0.2, 0.25) is 0 Å². The van der Waals surface area contributed by atoms with Crippen LogP contribution in [0.3, 0.4) is 0 Å². The highest BCUT2D eigenvalue weighted by Crippen LogP contribution is 2.43. The van der Waals surface area contributed by atoms with E-state index >= 15 is 0 Å². The minimum absolute atomic E-state index is 0.0962. The van der Waals surface area contributed by atoms with E-state index in [9.17, 15) is 4.79 Å². The molecule has 0 radical (unpaired) electrons. The fourth-order valence-electron chi connectivity index (χ4n) is 4.45. The Morgan fingerprint density at radius 2 is 1.67 bits per heavy atom. The highest BCUT2D eigenvalue weighted by molar-refractivity contribution is 6.00. The molecule has 1 amide bonds. The molecule has 1 aromatic rings. The quantitative estimate of drug-likeness (QED) is 0.471. The van der Waals surface area contributed by atoms with Gasteiger partial charge in [-0.3, -0.25) is 4.79 Å². The highest BCUT2D eigenvalue weighted by atomic mass is 16.2. The van der Waals surface area contributed by atoms with Crippen LogP contribution in [-0.4, -0.2) is 38.0 Å². The molecule has 4 nitrogen and oxygen atoms in total. The normalized spacial score (nSPS) is 13.8. The minimum atomic E-state index is -0.408. The van der Waals surface area contributed by atoms with Crippen molar-refractivity contribution in [2.75, 3.05) is 37.4 Å². The van der Waals surface area contributed by atoms with Gasteiger partial charge in [0.1, 0.15) is 0 Å². The smallest absolute Gasteiger partial charge is 0.229 e. The summed E-state index contributed by atoms with van der Waals surface area (Å²) in [5.41, 5.74) is 7.38. The average molecular weight is 416 g/mol. The summed E-state index contributed by atoms with van der Waals surface area (Å²) in [4.78, 5) is 17.7. The van der Waals surface area contributed by atoms with Crippen molar-refractivity contribution < 1.29 is 4.79 Å². The van der Waals surface area contributed by atoms with Crippen LogP contribution in [-0.2, 0) is 17.8 Å². The van der Waals surface area contributed by atoms with Gasteiger partial charge in [-0.05, 0) is 63.0 Å². The fraction of sp³-hybridized carbons (Fsp3) is 0.731. The first-order chi connectivity index (χ1) is 14.1. The predicted octanol–water partition coefficient (Wildman–Crippen LogP) is 6.07. The van der Waals surface area contributed by atoms with Gasteiger partial charge in [-0.2, -0.15) is 0 Å². The Kier molecular flexibility index (Phi) is 8.78.